The van der Waals surface area contributed by atoms with Gasteiger partial charge in [-0.15, -0.1) is 11.3 Å². The number of likely N-dealkylation sites (tertiary alicyclic amines) is 1. The van der Waals surface area contributed by atoms with Crippen LogP contribution in [0.5, 0.6) is 0 Å². The highest BCUT2D eigenvalue weighted by atomic mass is 35.5. The van der Waals surface area contributed by atoms with Gasteiger partial charge in [-0.3, -0.25) is 19.8 Å². The molecule has 234 valence electrons. The number of hydrogen-bond donors (Lipinski definition) is 2. The summed E-state index contributed by atoms with van der Waals surface area (Å²) in [6, 6.07) is 4.33. The maximum atomic E-state index is 13.3. The molecule has 3 aromatic heterocycles. The molecule has 4 fully saturated rings. The summed E-state index contributed by atoms with van der Waals surface area (Å²) in [6.07, 6.45) is 9.41. The Bertz CT molecular complexity index is 1520. The van der Waals surface area contributed by atoms with Gasteiger partial charge in [0.05, 0.1) is 26.4 Å². The van der Waals surface area contributed by atoms with Crippen LogP contribution in [0.25, 0.3) is 10.6 Å². The summed E-state index contributed by atoms with van der Waals surface area (Å²) in [4.78, 5) is 42.2. The fraction of sp³-hybridized carbons (Fsp3) is 0.548. The highest BCUT2D eigenvalue weighted by Crippen LogP contribution is 2.46. The highest BCUT2D eigenvalue weighted by Gasteiger charge is 2.43. The largest absolute Gasteiger partial charge is 0.481 e. The summed E-state index contributed by atoms with van der Waals surface area (Å²) in [6.45, 7) is 5.47. The summed E-state index contributed by atoms with van der Waals surface area (Å²) >= 11 is 16.0. The van der Waals surface area contributed by atoms with Gasteiger partial charge in [-0.1, -0.05) is 53.8 Å². The first-order chi connectivity index (χ1) is 21.3. The number of piperidine rings is 1. The Balaban J connectivity index is 1.05. The Morgan fingerprint density at radius 3 is 2.32 bits per heavy atom. The van der Waals surface area contributed by atoms with Crippen molar-refractivity contribution in [1.82, 2.24) is 14.9 Å². The smallest absolute Gasteiger partial charge is 0.306 e. The van der Waals surface area contributed by atoms with Crippen molar-refractivity contribution in [2.75, 3.05) is 54.4 Å². The lowest BCUT2D eigenvalue weighted by Crippen LogP contribution is -2.37. The third kappa shape index (κ3) is 6.18. The normalized spacial score (nSPS) is 23.3. The molecule has 2 unspecified atom stereocenters. The van der Waals surface area contributed by atoms with Crippen LogP contribution in [-0.4, -0.2) is 77.2 Å². The van der Waals surface area contributed by atoms with Gasteiger partial charge in [-0.05, 0) is 49.7 Å². The van der Waals surface area contributed by atoms with E-state index in [-0.39, 0.29) is 11.8 Å². The molecule has 7 rings (SSSR count). The highest BCUT2D eigenvalue weighted by molar-refractivity contribution is 7.21. The molecule has 1 aliphatic carbocycles. The lowest BCUT2D eigenvalue weighted by atomic mass is 9.94. The van der Waals surface area contributed by atoms with Gasteiger partial charge in [0.2, 0.25) is 0 Å². The molecule has 0 spiro atoms. The van der Waals surface area contributed by atoms with Crippen LogP contribution >= 0.6 is 45.9 Å². The number of pyridine rings is 1. The molecule has 9 nitrogen and oxygen atoms in total. The van der Waals surface area contributed by atoms with E-state index in [0.29, 0.717) is 64.3 Å². The number of amides is 1. The Morgan fingerprint density at radius 2 is 1.68 bits per heavy atom. The number of anilines is 3. The minimum atomic E-state index is -0.764. The summed E-state index contributed by atoms with van der Waals surface area (Å²) < 4.78 is 0. The van der Waals surface area contributed by atoms with Crippen LogP contribution in [0.2, 0.25) is 10.0 Å². The molecule has 0 aromatic carbocycles. The number of aromatic nitrogens is 2. The maximum absolute atomic E-state index is 13.3. The summed E-state index contributed by atoms with van der Waals surface area (Å²) in [5.74, 6) is 0.442. The summed E-state index contributed by atoms with van der Waals surface area (Å²) in [5.41, 5.74) is 1.21. The van der Waals surface area contributed by atoms with E-state index in [1.807, 2.05) is 16.3 Å². The first-order valence-electron chi connectivity index (χ1n) is 15.5. The van der Waals surface area contributed by atoms with Gasteiger partial charge < -0.3 is 14.9 Å². The number of nitrogens with one attached hydrogen (secondary N) is 1. The predicted molar refractivity (Wildman–Crippen MR) is 178 cm³/mol. The number of thiazole rings is 1. The van der Waals surface area contributed by atoms with Crippen LogP contribution in [0.15, 0.2) is 23.7 Å². The minimum Gasteiger partial charge on any atom is -0.481 e. The molecular formula is C31H36Cl2N6O3S2. The Labute approximate surface area is 275 Å². The van der Waals surface area contributed by atoms with Crippen LogP contribution in [0.3, 0.4) is 0 Å². The molecule has 6 heterocycles. The number of carboxylic acid groups (broad SMARTS) is 1. The Hall–Kier alpha value is -2.44. The van der Waals surface area contributed by atoms with Crippen LogP contribution in [-0.2, 0) is 4.79 Å². The monoisotopic (exact) mass is 674 g/mol. The molecular weight excluding hydrogens is 639 g/mol. The lowest BCUT2D eigenvalue weighted by Gasteiger charge is -2.32. The first kappa shape index (κ1) is 30.2. The number of thiophene rings is 1. The van der Waals surface area contributed by atoms with E-state index < -0.39 is 5.97 Å². The maximum Gasteiger partial charge on any atom is 0.306 e. The second-order valence-electron chi connectivity index (χ2n) is 12.6. The second kappa shape index (κ2) is 12.7. The Morgan fingerprint density at radius 1 is 0.955 bits per heavy atom. The molecule has 3 aromatic rings. The summed E-state index contributed by atoms with van der Waals surface area (Å²) in [5, 5.41) is 16.9. The fourth-order valence-electron chi connectivity index (χ4n) is 7.41. The molecule has 13 heteroatoms. The molecule has 0 bridgehead atoms. The van der Waals surface area contributed by atoms with Gasteiger partial charge in [0.1, 0.15) is 16.5 Å². The van der Waals surface area contributed by atoms with Crippen molar-refractivity contribution in [2.24, 2.45) is 17.8 Å². The number of aliphatic carboxylic acids is 1. The molecule has 1 saturated carbocycles. The SMILES string of the molecule is O=C(Nc1nc(-c2cc(Cl)cs2)c(N2CC3CN(C4CCCCC4)CC3C2)s1)c1cnc(N2CCC(C(=O)O)CC2)c(Cl)c1. The van der Waals surface area contributed by atoms with Gasteiger partial charge in [0.15, 0.2) is 5.13 Å². The molecule has 2 N–H and O–H groups in total. The van der Waals surface area contributed by atoms with Crippen LogP contribution in [0, 0.1) is 17.8 Å². The van der Waals surface area contributed by atoms with Crippen molar-refractivity contribution >= 4 is 73.7 Å². The molecule has 2 atom stereocenters. The molecule has 3 aliphatic heterocycles. The lowest BCUT2D eigenvalue weighted by molar-refractivity contribution is -0.142. The number of halogens is 2. The number of rotatable bonds is 7. The predicted octanol–water partition coefficient (Wildman–Crippen LogP) is 6.83. The number of nitrogens with zero attached hydrogens (tertiary/aromatic N) is 5. The van der Waals surface area contributed by atoms with Gasteiger partial charge in [0.25, 0.3) is 5.91 Å². The van der Waals surface area contributed by atoms with Crippen LogP contribution in [0.1, 0.15) is 55.3 Å². The molecule has 44 heavy (non-hydrogen) atoms. The number of carbonyl (C=O) groups excluding carboxylic acids is 1. The van der Waals surface area contributed by atoms with Crippen molar-refractivity contribution in [3.63, 3.8) is 0 Å². The molecule has 4 aliphatic rings. The van der Waals surface area contributed by atoms with Crippen molar-refractivity contribution in [3.8, 4) is 10.6 Å². The number of carbonyl (C=O) groups is 2. The van der Waals surface area contributed by atoms with Gasteiger partial charge in [0, 0.05) is 56.9 Å². The fourth-order valence-corrected chi connectivity index (χ4v) is 9.82. The van der Waals surface area contributed by atoms with Crippen LogP contribution < -0.4 is 15.1 Å². The van der Waals surface area contributed by atoms with Crippen molar-refractivity contribution in [2.45, 2.75) is 51.0 Å². The standard InChI is InChI=1S/C31H36Cl2N6O3S2/c32-22-11-25(43-17-22)26-29(39-15-20-13-38(14-21(20)16-39)23-4-2-1-3-5-23)44-31(35-26)36-28(40)19-10-24(33)27(34-12-19)37-8-6-18(7-9-37)30(41)42/h10-12,17-18,20-21,23H,1-9,13-16H2,(H,41,42)(H,35,36,40). The second-order valence-corrected chi connectivity index (χ2v) is 15.3. The van der Waals surface area contributed by atoms with E-state index in [2.05, 4.69) is 20.1 Å². The van der Waals surface area contributed by atoms with E-state index in [0.717, 1.165) is 34.7 Å². The summed E-state index contributed by atoms with van der Waals surface area (Å²) in [7, 11) is 0. The van der Waals surface area contributed by atoms with Crippen LogP contribution in [0.4, 0.5) is 16.0 Å². The van der Waals surface area contributed by atoms with E-state index in [4.69, 9.17) is 28.2 Å². The minimum absolute atomic E-state index is 0.326. The zero-order chi connectivity index (χ0) is 30.4. The first-order valence-corrected chi connectivity index (χ1v) is 18.0. The average molecular weight is 676 g/mol. The molecule has 1 amide bonds. The van der Waals surface area contributed by atoms with E-state index in [1.165, 1.54) is 62.7 Å². The third-order valence-electron chi connectivity index (χ3n) is 9.75. The topological polar surface area (TPSA) is 102 Å². The third-order valence-corrected chi connectivity index (χ3v) is 12.3. The zero-order valence-corrected chi connectivity index (χ0v) is 27.5. The Kier molecular flexibility index (Phi) is 8.76. The van der Waals surface area contributed by atoms with E-state index >= 15 is 0 Å². The molecule has 0 radical (unpaired) electrons. The molecule has 3 saturated heterocycles. The zero-order valence-electron chi connectivity index (χ0n) is 24.4. The quantitative estimate of drug-likeness (QED) is 0.281. The van der Waals surface area contributed by atoms with E-state index in [9.17, 15) is 14.7 Å². The van der Waals surface area contributed by atoms with Gasteiger partial charge >= 0.3 is 5.97 Å². The number of carboxylic acids is 1. The van der Waals surface area contributed by atoms with E-state index in [1.54, 1.807) is 17.4 Å². The van der Waals surface area contributed by atoms with Gasteiger partial charge in [-0.2, -0.15) is 0 Å². The average Bonchev–Trinajstić information content (AvgIpc) is 3.81. The van der Waals surface area contributed by atoms with Gasteiger partial charge in [-0.25, -0.2) is 9.97 Å². The van der Waals surface area contributed by atoms with Crippen molar-refractivity contribution in [3.05, 3.63) is 39.3 Å². The number of fused-ring (bicyclic) bond motifs is 1. The number of hydrogen-bond acceptors (Lipinski definition) is 9. The van der Waals surface area contributed by atoms with Crippen molar-refractivity contribution in [1.29, 1.82) is 0 Å². The van der Waals surface area contributed by atoms with Crippen molar-refractivity contribution < 1.29 is 14.7 Å².